The molecule has 5 heteroatoms. The minimum Gasteiger partial charge on any atom is -0.508 e. The van der Waals surface area contributed by atoms with Gasteiger partial charge in [0.05, 0.1) is 0 Å². The Kier molecular flexibility index (Phi) is 8.85. The van der Waals surface area contributed by atoms with Gasteiger partial charge in [-0.25, -0.2) is 0 Å². The lowest BCUT2D eigenvalue weighted by atomic mass is 9.86. The summed E-state index contributed by atoms with van der Waals surface area (Å²) in [5.74, 6) is 0.313. The number of rotatable bonds is 12. The largest absolute Gasteiger partial charge is 0.508 e. The van der Waals surface area contributed by atoms with Gasteiger partial charge < -0.3 is 26.0 Å². The molecule has 2 atom stereocenters. The van der Waals surface area contributed by atoms with E-state index in [9.17, 15) is 15.3 Å². The molecule has 0 radical (unpaired) electrons. The number of hydrogen-bond acceptors (Lipinski definition) is 5. The highest BCUT2D eigenvalue weighted by atomic mass is 16.3. The fourth-order valence-electron chi connectivity index (χ4n) is 3.30. The third kappa shape index (κ3) is 6.69. The summed E-state index contributed by atoms with van der Waals surface area (Å²) in [4.78, 5) is 0. The quantitative estimate of drug-likeness (QED) is 0.363. The molecule has 2 rings (SSSR count). The van der Waals surface area contributed by atoms with E-state index in [1.165, 1.54) is 12.0 Å². The van der Waals surface area contributed by atoms with Gasteiger partial charge in [-0.2, -0.15) is 0 Å². The second-order valence-corrected chi connectivity index (χ2v) is 7.20. The number of benzene rings is 1. The Morgan fingerprint density at radius 3 is 2.41 bits per heavy atom. The average Bonchev–Trinajstić information content (AvgIpc) is 2.68. The SMILES string of the molecule is CCC1(O)C(NCCCCCCNCCc2ccc(O)cc2)=CC=CC1O. The fraction of sp³-hybridized carbons (Fsp3) is 0.545. The Hall–Kier alpha value is -1.82. The smallest absolute Gasteiger partial charge is 0.133 e. The number of aliphatic hydroxyl groups excluding tert-OH is 1. The predicted octanol–water partition coefficient (Wildman–Crippen LogP) is 2.63. The molecule has 0 amide bonds. The predicted molar refractivity (Wildman–Crippen MR) is 110 cm³/mol. The summed E-state index contributed by atoms with van der Waals surface area (Å²) in [7, 11) is 0. The van der Waals surface area contributed by atoms with Crippen molar-refractivity contribution in [2.45, 2.75) is 57.2 Å². The van der Waals surface area contributed by atoms with Gasteiger partial charge in [0.2, 0.25) is 0 Å². The van der Waals surface area contributed by atoms with Crippen molar-refractivity contribution in [3.05, 3.63) is 53.8 Å². The zero-order valence-corrected chi connectivity index (χ0v) is 16.3. The Morgan fingerprint density at radius 2 is 1.70 bits per heavy atom. The molecule has 0 bridgehead atoms. The van der Waals surface area contributed by atoms with Crippen LogP contribution in [-0.4, -0.2) is 46.7 Å². The van der Waals surface area contributed by atoms with Crippen molar-refractivity contribution in [3.63, 3.8) is 0 Å². The molecule has 1 aliphatic rings. The Balaban J connectivity index is 1.48. The van der Waals surface area contributed by atoms with Crippen LogP contribution in [0.5, 0.6) is 5.75 Å². The van der Waals surface area contributed by atoms with Crippen molar-refractivity contribution in [3.8, 4) is 5.75 Å². The van der Waals surface area contributed by atoms with E-state index < -0.39 is 11.7 Å². The molecule has 1 aromatic rings. The fourth-order valence-corrected chi connectivity index (χ4v) is 3.30. The first-order valence-electron chi connectivity index (χ1n) is 10.1. The molecule has 0 heterocycles. The lowest BCUT2D eigenvalue weighted by molar-refractivity contribution is -0.0319. The van der Waals surface area contributed by atoms with Gasteiger partial charge in [-0.1, -0.05) is 44.1 Å². The maximum Gasteiger partial charge on any atom is 0.133 e. The number of aliphatic hydroxyl groups is 2. The van der Waals surface area contributed by atoms with Crippen LogP contribution in [0.25, 0.3) is 0 Å². The lowest BCUT2D eigenvalue weighted by Gasteiger charge is -2.35. The van der Waals surface area contributed by atoms with Gasteiger partial charge in [-0.15, -0.1) is 0 Å². The summed E-state index contributed by atoms with van der Waals surface area (Å²) in [6.07, 6.45) is 10.4. The standard InChI is InChI=1S/C22H34N2O3/c1-2-22(27)20(8-7-9-21(22)26)24-16-6-4-3-5-15-23-17-14-18-10-12-19(25)13-11-18/h7-13,21,23-27H,2-6,14-17H2,1H3. The molecule has 0 saturated carbocycles. The van der Waals surface area contributed by atoms with Gasteiger partial charge in [0.25, 0.3) is 0 Å². The second-order valence-electron chi connectivity index (χ2n) is 7.20. The van der Waals surface area contributed by atoms with Crippen molar-refractivity contribution >= 4 is 0 Å². The highest BCUT2D eigenvalue weighted by Crippen LogP contribution is 2.27. The first-order valence-corrected chi connectivity index (χ1v) is 10.1. The molecule has 5 nitrogen and oxygen atoms in total. The molecular weight excluding hydrogens is 340 g/mol. The van der Waals surface area contributed by atoms with Crippen LogP contribution in [0.2, 0.25) is 0 Å². The van der Waals surface area contributed by atoms with Crippen LogP contribution >= 0.6 is 0 Å². The summed E-state index contributed by atoms with van der Waals surface area (Å²) in [6, 6.07) is 7.37. The maximum absolute atomic E-state index is 10.6. The van der Waals surface area contributed by atoms with Crippen molar-refractivity contribution in [1.82, 2.24) is 10.6 Å². The topological polar surface area (TPSA) is 84.8 Å². The van der Waals surface area contributed by atoms with Crippen LogP contribution in [-0.2, 0) is 6.42 Å². The van der Waals surface area contributed by atoms with Crippen molar-refractivity contribution in [2.24, 2.45) is 0 Å². The molecule has 0 aliphatic heterocycles. The number of unbranched alkanes of at least 4 members (excludes halogenated alkanes) is 3. The average molecular weight is 375 g/mol. The summed E-state index contributed by atoms with van der Waals surface area (Å²) in [5, 5.41) is 36.6. The van der Waals surface area contributed by atoms with E-state index in [-0.39, 0.29) is 0 Å². The van der Waals surface area contributed by atoms with Gasteiger partial charge in [0, 0.05) is 12.2 Å². The Labute approximate surface area is 162 Å². The van der Waals surface area contributed by atoms with Crippen LogP contribution in [0.3, 0.4) is 0 Å². The van der Waals surface area contributed by atoms with E-state index in [1.807, 2.05) is 25.1 Å². The third-order valence-electron chi connectivity index (χ3n) is 5.17. The van der Waals surface area contributed by atoms with Gasteiger partial charge >= 0.3 is 0 Å². The minimum absolute atomic E-state index is 0.313. The molecule has 1 aromatic carbocycles. The van der Waals surface area contributed by atoms with Crippen LogP contribution in [0.4, 0.5) is 0 Å². The lowest BCUT2D eigenvalue weighted by Crippen LogP contribution is -2.48. The molecule has 2 unspecified atom stereocenters. The van der Waals surface area contributed by atoms with E-state index in [4.69, 9.17) is 0 Å². The monoisotopic (exact) mass is 374 g/mol. The van der Waals surface area contributed by atoms with Gasteiger partial charge in [-0.05, 0) is 62.5 Å². The summed E-state index contributed by atoms with van der Waals surface area (Å²) < 4.78 is 0. The highest BCUT2D eigenvalue weighted by molar-refractivity contribution is 5.30. The van der Waals surface area contributed by atoms with E-state index in [0.29, 0.717) is 12.2 Å². The van der Waals surface area contributed by atoms with Crippen LogP contribution in [0.15, 0.2) is 48.2 Å². The summed E-state index contributed by atoms with van der Waals surface area (Å²) in [6.45, 7) is 4.66. The molecule has 5 N–H and O–H groups in total. The normalized spacial score (nSPS) is 21.9. The highest BCUT2D eigenvalue weighted by Gasteiger charge is 2.37. The summed E-state index contributed by atoms with van der Waals surface area (Å²) in [5.41, 5.74) is 0.766. The van der Waals surface area contributed by atoms with Crippen LogP contribution in [0.1, 0.15) is 44.6 Å². The molecule has 1 aliphatic carbocycles. The number of phenolic OH excluding ortho intramolecular Hbond substituents is 1. The van der Waals surface area contributed by atoms with Crippen molar-refractivity contribution in [2.75, 3.05) is 19.6 Å². The first-order chi connectivity index (χ1) is 13.1. The molecule has 150 valence electrons. The van der Waals surface area contributed by atoms with Crippen LogP contribution in [0, 0.1) is 0 Å². The molecule has 27 heavy (non-hydrogen) atoms. The maximum atomic E-state index is 10.6. The number of phenols is 1. The van der Waals surface area contributed by atoms with E-state index in [2.05, 4.69) is 10.6 Å². The van der Waals surface area contributed by atoms with Gasteiger partial charge in [0.15, 0.2) is 0 Å². The molecule has 0 fully saturated rings. The Bertz CT molecular complexity index is 612. The molecular formula is C22H34N2O3. The minimum atomic E-state index is -1.18. The number of hydrogen-bond donors (Lipinski definition) is 5. The second kappa shape index (κ2) is 11.1. The first kappa shape index (κ1) is 21.5. The third-order valence-corrected chi connectivity index (χ3v) is 5.17. The zero-order valence-electron chi connectivity index (χ0n) is 16.3. The van der Waals surface area contributed by atoms with Crippen LogP contribution < -0.4 is 10.6 Å². The number of nitrogens with one attached hydrogen (secondary N) is 2. The van der Waals surface area contributed by atoms with E-state index in [1.54, 1.807) is 24.3 Å². The molecule has 0 saturated heterocycles. The van der Waals surface area contributed by atoms with Crippen molar-refractivity contribution < 1.29 is 15.3 Å². The summed E-state index contributed by atoms with van der Waals surface area (Å²) >= 11 is 0. The molecule has 0 aromatic heterocycles. The number of allylic oxidation sites excluding steroid dienone is 2. The molecule has 0 spiro atoms. The van der Waals surface area contributed by atoms with E-state index >= 15 is 0 Å². The zero-order chi connectivity index (χ0) is 19.5. The van der Waals surface area contributed by atoms with Crippen molar-refractivity contribution in [1.29, 1.82) is 0 Å². The van der Waals surface area contributed by atoms with E-state index in [0.717, 1.165) is 51.0 Å². The Morgan fingerprint density at radius 1 is 1.00 bits per heavy atom. The van der Waals surface area contributed by atoms with Gasteiger partial charge in [-0.3, -0.25) is 0 Å². The van der Waals surface area contributed by atoms with Gasteiger partial charge in [0.1, 0.15) is 17.5 Å². The number of aromatic hydroxyl groups is 1.